The van der Waals surface area contributed by atoms with Crippen molar-refractivity contribution in [1.82, 2.24) is 0 Å². The van der Waals surface area contributed by atoms with Crippen molar-refractivity contribution in [3.05, 3.63) is 0 Å². The molecule has 0 fully saturated rings. The van der Waals surface area contributed by atoms with E-state index >= 15 is 0 Å². The van der Waals surface area contributed by atoms with Crippen molar-refractivity contribution in [1.29, 1.82) is 0 Å². The predicted molar refractivity (Wildman–Crippen MR) is 6.18 cm³/mol. The van der Waals surface area contributed by atoms with Gasteiger partial charge in [-0.25, -0.2) is 0 Å². The predicted octanol–water partition coefficient (Wildman–Crippen LogP) is -1.09. The van der Waals surface area contributed by atoms with Crippen LogP contribution in [-0.2, 0) is 185 Å². The molecule has 0 N–H and O–H groups in total. The van der Waals surface area contributed by atoms with Gasteiger partial charge in [-0.2, -0.15) is 0 Å². The van der Waals surface area contributed by atoms with Crippen molar-refractivity contribution in [3.8, 4) is 0 Å². The average molecular weight is 610 g/mol. The summed E-state index contributed by atoms with van der Waals surface area (Å²) in [5.41, 5.74) is 0. The standard InChI is InChI=1S/2Cu.2Fe.2Mn.2Ni.9O/q2*+2;2*+3;4*+2;9*-2. The summed E-state index contributed by atoms with van der Waals surface area (Å²) in [7, 11) is 0. The third-order valence-corrected chi connectivity index (χ3v) is 0. The molecule has 0 atom stereocenters. The largest absolute Gasteiger partial charge is 3.00 e. The molecule has 0 saturated heterocycles. The average Bonchev–Trinajstić information content (AvgIpc) is 0. The molecule has 0 aliphatic rings. The van der Waals surface area contributed by atoms with Crippen LogP contribution in [0.3, 0.4) is 0 Å². The van der Waals surface area contributed by atoms with Crippen LogP contribution in [0.4, 0.5) is 0 Å². The molecule has 0 heterocycles. The molecule has 0 unspecified atom stereocenters. The van der Waals surface area contributed by atoms with Crippen molar-refractivity contribution in [2.45, 2.75) is 0 Å². The Bertz CT molecular complexity index is 33.0. The van der Waals surface area contributed by atoms with Gasteiger partial charge >= 0.3 is 135 Å². The molecule has 6 radical (unpaired) electrons. The molecule has 0 saturated carbocycles. The summed E-state index contributed by atoms with van der Waals surface area (Å²) in [4.78, 5) is 0. The van der Waals surface area contributed by atoms with Gasteiger partial charge in [-0.3, -0.25) is 0 Å². The van der Waals surface area contributed by atoms with E-state index in [1.54, 1.807) is 0 Å². The topological polar surface area (TPSA) is 256 Å². The quantitative estimate of drug-likeness (QED) is 0.297. The van der Waals surface area contributed by atoms with E-state index in [2.05, 4.69) is 0 Å². The maximum Gasteiger partial charge on any atom is 3.00 e. The molecule has 0 aromatic rings. The monoisotopic (exact) mass is 607 g/mol. The van der Waals surface area contributed by atoms with E-state index in [-0.39, 0.29) is 185 Å². The van der Waals surface area contributed by atoms with Gasteiger partial charge in [0.1, 0.15) is 0 Å². The second-order valence-electron chi connectivity index (χ2n) is 0. The molecule has 17 heteroatoms. The molecule has 126 valence electrons. The van der Waals surface area contributed by atoms with Gasteiger partial charge in [0.15, 0.2) is 0 Å². The fourth-order valence-electron chi connectivity index (χ4n) is 0. The van der Waals surface area contributed by atoms with E-state index in [0.29, 0.717) is 0 Å². The Balaban J connectivity index is 0. The molecule has 9 nitrogen and oxygen atoms in total. The van der Waals surface area contributed by atoms with Crippen LogP contribution in [0.25, 0.3) is 0 Å². The van der Waals surface area contributed by atoms with Crippen LogP contribution in [0.1, 0.15) is 0 Å². The first kappa shape index (κ1) is 577. The zero-order valence-electron chi connectivity index (χ0n) is 6.37. The Morgan fingerprint density at radius 3 is 0.294 bits per heavy atom. The van der Waals surface area contributed by atoms with Gasteiger partial charge in [0.25, 0.3) is 0 Å². The molecule has 0 aliphatic heterocycles. The molecule has 0 bridgehead atoms. The summed E-state index contributed by atoms with van der Waals surface area (Å²) < 4.78 is 0. The van der Waals surface area contributed by atoms with Crippen molar-refractivity contribution in [3.63, 3.8) is 0 Å². The molecular formula is Cu2Fe2Mn2Ni2O9. The Morgan fingerprint density at radius 2 is 0.294 bits per heavy atom. The van der Waals surface area contributed by atoms with Crippen LogP contribution in [0.2, 0.25) is 0 Å². The van der Waals surface area contributed by atoms with Crippen LogP contribution < -0.4 is 0 Å². The molecule has 0 aromatic heterocycles. The van der Waals surface area contributed by atoms with E-state index in [1.807, 2.05) is 0 Å². The van der Waals surface area contributed by atoms with Gasteiger partial charge in [0, 0.05) is 0 Å². The maximum atomic E-state index is 0. The van der Waals surface area contributed by atoms with Crippen LogP contribution in [0, 0.1) is 0 Å². The second kappa shape index (κ2) is 495. The number of rotatable bonds is 0. The number of hydrogen-bond donors (Lipinski definition) is 0. The smallest absolute Gasteiger partial charge is 2.00 e. The van der Waals surface area contributed by atoms with Crippen molar-refractivity contribution < 1.29 is 185 Å². The summed E-state index contributed by atoms with van der Waals surface area (Å²) in [6.45, 7) is 0. The minimum Gasteiger partial charge on any atom is -2.00 e. The summed E-state index contributed by atoms with van der Waals surface area (Å²) in [6.07, 6.45) is 0. The molecule has 0 spiro atoms. The van der Waals surface area contributed by atoms with Gasteiger partial charge in [0.2, 0.25) is 0 Å². The third kappa shape index (κ3) is 443. The van der Waals surface area contributed by atoms with Crippen molar-refractivity contribution in [2.24, 2.45) is 0 Å². The summed E-state index contributed by atoms with van der Waals surface area (Å²) >= 11 is 0. The molecular weight excluding hydrogens is 610 g/mol. The fourth-order valence-corrected chi connectivity index (χ4v) is 0. The van der Waals surface area contributed by atoms with Crippen molar-refractivity contribution in [2.75, 3.05) is 0 Å². The van der Waals surface area contributed by atoms with E-state index in [1.165, 1.54) is 0 Å². The van der Waals surface area contributed by atoms with Gasteiger partial charge < -0.3 is 49.3 Å². The van der Waals surface area contributed by atoms with Gasteiger partial charge in [-0.1, -0.05) is 0 Å². The Labute approximate surface area is 182 Å². The summed E-state index contributed by atoms with van der Waals surface area (Å²) in [6, 6.07) is 0. The van der Waals surface area contributed by atoms with E-state index in [0.717, 1.165) is 0 Å². The number of hydrogen-bond acceptors (Lipinski definition) is 0. The molecule has 0 aliphatic carbocycles. The van der Waals surface area contributed by atoms with E-state index < -0.39 is 0 Å². The van der Waals surface area contributed by atoms with E-state index in [4.69, 9.17) is 0 Å². The SMILES string of the molecule is [Cu+2].[Cu+2].[Fe+3].[Fe+3].[Mn+2].[Mn+2].[Ni+2].[Ni+2].[O-2].[O-2].[O-2].[O-2].[O-2].[O-2].[O-2].[O-2].[O-2]. The minimum atomic E-state index is 0. The zero-order chi connectivity index (χ0) is 0. The first-order valence-electron chi connectivity index (χ1n) is 0. The Kier molecular flexibility index (Phi) is 16800. The molecule has 17 heavy (non-hydrogen) atoms. The van der Waals surface area contributed by atoms with E-state index in [9.17, 15) is 0 Å². The van der Waals surface area contributed by atoms with Crippen LogP contribution in [-0.4, -0.2) is 0 Å². The van der Waals surface area contributed by atoms with Crippen LogP contribution in [0.5, 0.6) is 0 Å². The fraction of sp³-hybridized carbons (Fsp3) is 0. The minimum absolute atomic E-state index is 0. The van der Waals surface area contributed by atoms with Gasteiger partial charge in [-0.05, 0) is 0 Å². The molecule has 0 amide bonds. The van der Waals surface area contributed by atoms with Crippen LogP contribution >= 0.6 is 0 Å². The Morgan fingerprint density at radius 1 is 0.294 bits per heavy atom. The second-order valence-corrected chi connectivity index (χ2v) is 0. The van der Waals surface area contributed by atoms with Gasteiger partial charge in [-0.15, -0.1) is 0 Å². The Hall–Kier alpha value is 3.74. The third-order valence-electron chi connectivity index (χ3n) is 0. The maximum absolute atomic E-state index is 0. The first-order chi connectivity index (χ1) is 0. The zero-order valence-corrected chi connectivity index (χ0v) is 14.8. The van der Waals surface area contributed by atoms with Crippen molar-refractivity contribution >= 4 is 0 Å². The normalized spacial score (nSPS) is 0. The molecule has 0 aromatic carbocycles. The van der Waals surface area contributed by atoms with Crippen LogP contribution in [0.15, 0.2) is 0 Å². The summed E-state index contributed by atoms with van der Waals surface area (Å²) in [5.74, 6) is 0. The molecule has 0 rings (SSSR count). The summed E-state index contributed by atoms with van der Waals surface area (Å²) in [5, 5.41) is 0. The first-order valence-corrected chi connectivity index (χ1v) is 0. The van der Waals surface area contributed by atoms with Gasteiger partial charge in [0.05, 0.1) is 0 Å².